The highest BCUT2D eigenvalue weighted by Gasteiger charge is 2.27. The number of hydrogen-bond acceptors (Lipinski definition) is 4. The van der Waals surface area contributed by atoms with Gasteiger partial charge in [0.05, 0.1) is 13.0 Å². The maximum absolute atomic E-state index is 13.9. The van der Waals surface area contributed by atoms with Crippen molar-refractivity contribution >= 4 is 18.4 Å². The van der Waals surface area contributed by atoms with Crippen molar-refractivity contribution in [1.82, 2.24) is 4.90 Å². The summed E-state index contributed by atoms with van der Waals surface area (Å²) in [5, 5.41) is 0. The third-order valence-corrected chi connectivity index (χ3v) is 9.21. The first-order chi connectivity index (χ1) is 21.6. The van der Waals surface area contributed by atoms with Gasteiger partial charge in [-0.15, -0.1) is 12.4 Å². The maximum Gasteiger partial charge on any atom is 0.315 e. The molecule has 0 N–H and O–H groups in total. The molecule has 0 bridgehead atoms. The summed E-state index contributed by atoms with van der Waals surface area (Å²) in [6.07, 6.45) is 5.81. The average Bonchev–Trinajstić information content (AvgIpc) is 3.58. The Morgan fingerprint density at radius 1 is 0.733 bits per heavy atom. The zero-order chi connectivity index (χ0) is 30.7. The molecular weight excluding hydrogens is 578 g/mol. The molecule has 4 aromatic rings. The number of carbonyl (C=O) groups is 1. The Morgan fingerprint density at radius 3 is 1.80 bits per heavy atom. The normalized spacial score (nSPS) is 14.5. The molecule has 4 nitrogen and oxygen atoms in total. The van der Waals surface area contributed by atoms with Crippen molar-refractivity contribution < 1.29 is 14.3 Å². The number of esters is 1. The lowest BCUT2D eigenvalue weighted by Gasteiger charge is -2.28. The minimum atomic E-state index is -0.276. The largest absolute Gasteiger partial charge is 0.497 e. The first-order valence-electron chi connectivity index (χ1n) is 16.4. The average molecular weight is 626 g/mol. The SMILES string of the molecule is CCC(c1ccc(OC)cc1)C(CC)c1ccc(OC(=O)C(Cc2ccccc2)Cc2ccccc2)c(CN2CCCC2)c1.Cl. The van der Waals surface area contributed by atoms with Crippen LogP contribution in [0.4, 0.5) is 0 Å². The Labute approximate surface area is 276 Å². The van der Waals surface area contributed by atoms with Crippen molar-refractivity contribution in [3.8, 4) is 11.5 Å². The van der Waals surface area contributed by atoms with Gasteiger partial charge in [-0.25, -0.2) is 0 Å². The van der Waals surface area contributed by atoms with E-state index in [1.54, 1.807) is 7.11 Å². The van der Waals surface area contributed by atoms with Crippen molar-refractivity contribution in [1.29, 1.82) is 0 Å². The van der Waals surface area contributed by atoms with E-state index in [1.807, 2.05) is 36.4 Å². The van der Waals surface area contributed by atoms with Crippen LogP contribution in [0.2, 0.25) is 0 Å². The zero-order valence-electron chi connectivity index (χ0n) is 27.0. The van der Waals surface area contributed by atoms with E-state index >= 15 is 0 Å². The molecule has 1 saturated heterocycles. The van der Waals surface area contributed by atoms with Crippen LogP contribution in [-0.4, -0.2) is 31.1 Å². The number of carbonyl (C=O) groups excluding carboxylic acids is 1. The molecule has 5 heteroatoms. The Bertz CT molecular complexity index is 1410. The van der Waals surface area contributed by atoms with E-state index in [1.165, 1.54) is 24.0 Å². The highest BCUT2D eigenvalue weighted by atomic mass is 35.5. The molecule has 0 spiro atoms. The third kappa shape index (κ3) is 9.22. The summed E-state index contributed by atoms with van der Waals surface area (Å²) in [7, 11) is 1.71. The molecule has 238 valence electrons. The molecule has 4 aromatic carbocycles. The summed E-state index contributed by atoms with van der Waals surface area (Å²) < 4.78 is 11.8. The molecular formula is C40H48ClNO3. The second kappa shape index (κ2) is 17.2. The molecule has 1 heterocycles. The first-order valence-corrected chi connectivity index (χ1v) is 16.4. The highest BCUT2D eigenvalue weighted by Crippen LogP contribution is 2.40. The van der Waals surface area contributed by atoms with Gasteiger partial charge in [0, 0.05) is 12.1 Å². The van der Waals surface area contributed by atoms with Crippen LogP contribution in [0.25, 0.3) is 0 Å². The Kier molecular flexibility index (Phi) is 13.1. The number of rotatable bonds is 14. The molecule has 2 unspecified atom stereocenters. The predicted octanol–water partition coefficient (Wildman–Crippen LogP) is 9.41. The maximum atomic E-state index is 13.9. The van der Waals surface area contributed by atoms with Crippen LogP contribution in [0, 0.1) is 5.92 Å². The molecule has 0 aliphatic carbocycles. The summed E-state index contributed by atoms with van der Waals surface area (Å²) >= 11 is 0. The van der Waals surface area contributed by atoms with Crippen LogP contribution < -0.4 is 9.47 Å². The van der Waals surface area contributed by atoms with Gasteiger partial charge in [-0.3, -0.25) is 9.69 Å². The number of hydrogen-bond donors (Lipinski definition) is 0. The van der Waals surface area contributed by atoms with Crippen LogP contribution in [0.5, 0.6) is 11.5 Å². The van der Waals surface area contributed by atoms with E-state index in [0.717, 1.165) is 54.9 Å². The molecule has 0 aromatic heterocycles. The van der Waals surface area contributed by atoms with Crippen LogP contribution >= 0.6 is 12.4 Å². The van der Waals surface area contributed by atoms with E-state index < -0.39 is 0 Å². The lowest BCUT2D eigenvalue weighted by Crippen LogP contribution is -2.26. The summed E-state index contributed by atoms with van der Waals surface area (Å²) in [5.41, 5.74) is 6.05. The molecule has 0 amide bonds. The number of likely N-dealkylation sites (tertiary alicyclic amines) is 1. The van der Waals surface area contributed by atoms with Crippen LogP contribution in [0.3, 0.4) is 0 Å². The van der Waals surface area contributed by atoms with Gasteiger partial charge in [0.2, 0.25) is 0 Å². The Hall–Kier alpha value is -3.60. The van der Waals surface area contributed by atoms with E-state index in [0.29, 0.717) is 30.4 Å². The fourth-order valence-electron chi connectivity index (χ4n) is 6.82. The Balaban J connectivity index is 0.00000461. The summed E-state index contributed by atoms with van der Waals surface area (Å²) in [6.45, 7) is 7.53. The van der Waals surface area contributed by atoms with Crippen molar-refractivity contribution in [3.05, 3.63) is 131 Å². The van der Waals surface area contributed by atoms with E-state index in [2.05, 4.69) is 85.5 Å². The minimum absolute atomic E-state index is 0. The fourth-order valence-corrected chi connectivity index (χ4v) is 6.82. The van der Waals surface area contributed by atoms with Gasteiger partial charge in [0.1, 0.15) is 11.5 Å². The number of halogens is 1. The minimum Gasteiger partial charge on any atom is -0.497 e. The molecule has 45 heavy (non-hydrogen) atoms. The molecule has 1 fully saturated rings. The van der Waals surface area contributed by atoms with Crippen LogP contribution in [0.1, 0.15) is 79.2 Å². The lowest BCUT2D eigenvalue weighted by atomic mass is 9.78. The topological polar surface area (TPSA) is 38.8 Å². The third-order valence-electron chi connectivity index (χ3n) is 9.21. The number of benzene rings is 4. The van der Waals surface area contributed by atoms with Crippen molar-refractivity contribution in [3.63, 3.8) is 0 Å². The van der Waals surface area contributed by atoms with Crippen molar-refractivity contribution in [2.45, 2.75) is 70.8 Å². The number of methoxy groups -OCH3 is 1. The molecule has 5 rings (SSSR count). The standard InChI is InChI=1S/C40H47NO3.ClH/c1-4-37(32-18-21-36(43-3)22-19-32)38(5-2)33-20-23-39(35(28-33)29-41-24-12-13-25-41)44-40(42)34(26-30-14-8-6-9-15-30)27-31-16-10-7-11-17-31;/h6-11,14-23,28,34,37-38H,4-5,12-13,24-27,29H2,1-3H3;1H. The monoisotopic (exact) mass is 625 g/mol. The lowest BCUT2D eigenvalue weighted by molar-refractivity contribution is -0.139. The molecule has 1 aliphatic rings. The summed E-state index contributed by atoms with van der Waals surface area (Å²) in [5.74, 6) is 1.89. The van der Waals surface area contributed by atoms with E-state index in [-0.39, 0.29) is 24.3 Å². The van der Waals surface area contributed by atoms with Crippen molar-refractivity contribution in [2.75, 3.05) is 20.2 Å². The van der Waals surface area contributed by atoms with Crippen LogP contribution in [-0.2, 0) is 24.2 Å². The fraction of sp³-hybridized carbons (Fsp3) is 0.375. The summed E-state index contributed by atoms with van der Waals surface area (Å²) in [6, 6.07) is 35.7. The summed E-state index contributed by atoms with van der Waals surface area (Å²) in [4.78, 5) is 16.4. The van der Waals surface area contributed by atoms with E-state index in [9.17, 15) is 4.79 Å². The zero-order valence-corrected chi connectivity index (χ0v) is 27.8. The molecule has 0 saturated carbocycles. The quantitative estimate of drug-likeness (QED) is 0.103. The van der Waals surface area contributed by atoms with Gasteiger partial charge in [-0.1, -0.05) is 98.8 Å². The number of ether oxygens (including phenoxy) is 2. The van der Waals surface area contributed by atoms with Gasteiger partial charge >= 0.3 is 5.97 Å². The van der Waals surface area contributed by atoms with Gasteiger partial charge in [-0.2, -0.15) is 0 Å². The number of nitrogens with zero attached hydrogens (tertiary/aromatic N) is 1. The van der Waals surface area contributed by atoms with Gasteiger partial charge in [0.25, 0.3) is 0 Å². The smallest absolute Gasteiger partial charge is 0.315 e. The molecule has 1 aliphatic heterocycles. The predicted molar refractivity (Wildman–Crippen MR) is 187 cm³/mol. The highest BCUT2D eigenvalue weighted by molar-refractivity contribution is 5.85. The molecule has 2 atom stereocenters. The van der Waals surface area contributed by atoms with Gasteiger partial charge < -0.3 is 9.47 Å². The second-order valence-electron chi connectivity index (χ2n) is 12.2. The van der Waals surface area contributed by atoms with Gasteiger partial charge in [0.15, 0.2) is 0 Å². The first kappa shape index (κ1) is 34.3. The van der Waals surface area contributed by atoms with E-state index in [4.69, 9.17) is 9.47 Å². The Morgan fingerprint density at radius 2 is 1.27 bits per heavy atom. The second-order valence-corrected chi connectivity index (χ2v) is 12.2. The van der Waals surface area contributed by atoms with Gasteiger partial charge in [-0.05, 0) is 104 Å². The van der Waals surface area contributed by atoms with Crippen molar-refractivity contribution in [2.24, 2.45) is 5.92 Å². The van der Waals surface area contributed by atoms with Crippen LogP contribution in [0.15, 0.2) is 103 Å². The molecule has 0 radical (unpaired) electrons.